The number of benzene rings is 1. The molecule has 0 atom stereocenters. The summed E-state index contributed by atoms with van der Waals surface area (Å²) in [4.78, 5) is 4.20. The van der Waals surface area contributed by atoms with Gasteiger partial charge in [0.15, 0.2) is 0 Å². The van der Waals surface area contributed by atoms with Gasteiger partial charge in [0.1, 0.15) is 5.52 Å². The molecule has 3 aromatic rings. The molecule has 0 fully saturated rings. The molecule has 0 unspecified atom stereocenters. The highest BCUT2D eigenvalue weighted by Gasteiger charge is 2.01. The molecule has 3 nitrogen and oxygen atoms in total. The van der Waals surface area contributed by atoms with Gasteiger partial charge in [-0.2, -0.15) is 5.10 Å². The van der Waals surface area contributed by atoms with Crippen LogP contribution in [0.2, 0.25) is 0 Å². The summed E-state index contributed by atoms with van der Waals surface area (Å²) in [6, 6.07) is 9.29. The minimum atomic E-state index is 0.166. The van der Waals surface area contributed by atoms with Crippen molar-refractivity contribution in [3.8, 4) is 0 Å². The SMILES string of the molecule is [2H]c1ccc2ccc3nccc3c2nn1. The Balaban J connectivity index is 2.58. The molecule has 1 aromatic carbocycles. The topological polar surface area (TPSA) is 38.7 Å². The zero-order valence-corrected chi connectivity index (χ0v) is 7.31. The third-order valence-electron chi connectivity index (χ3n) is 2.23. The van der Waals surface area contributed by atoms with Gasteiger partial charge in [-0.05, 0) is 18.2 Å². The summed E-state index contributed by atoms with van der Waals surface area (Å²) in [6.45, 7) is 0. The van der Waals surface area contributed by atoms with Crippen LogP contribution in [0.15, 0.2) is 42.7 Å². The average Bonchev–Trinajstić information content (AvgIpc) is 2.64. The fourth-order valence-electron chi connectivity index (χ4n) is 1.57. The lowest BCUT2D eigenvalue weighted by Gasteiger charge is -1.91. The highest BCUT2D eigenvalue weighted by Crippen LogP contribution is 2.20. The van der Waals surface area contributed by atoms with Gasteiger partial charge in [-0.1, -0.05) is 12.1 Å². The summed E-state index contributed by atoms with van der Waals surface area (Å²) >= 11 is 0. The van der Waals surface area contributed by atoms with E-state index in [1.165, 1.54) is 0 Å². The van der Waals surface area contributed by atoms with E-state index in [9.17, 15) is 0 Å². The Hall–Kier alpha value is -2.03. The van der Waals surface area contributed by atoms with Gasteiger partial charge < -0.3 is 0 Å². The van der Waals surface area contributed by atoms with Crippen molar-refractivity contribution in [2.75, 3.05) is 0 Å². The molecule has 0 aliphatic carbocycles. The van der Waals surface area contributed by atoms with Gasteiger partial charge in [0, 0.05) is 23.1 Å². The maximum absolute atomic E-state index is 7.41. The van der Waals surface area contributed by atoms with Crippen molar-refractivity contribution in [1.29, 1.82) is 0 Å². The first-order valence-electron chi connectivity index (χ1n) is 4.82. The number of rotatable bonds is 0. The van der Waals surface area contributed by atoms with Gasteiger partial charge in [0.05, 0.1) is 6.89 Å². The van der Waals surface area contributed by atoms with Crippen molar-refractivity contribution in [3.63, 3.8) is 0 Å². The second kappa shape index (κ2) is 2.73. The normalized spacial score (nSPS) is 11.9. The summed E-state index contributed by atoms with van der Waals surface area (Å²) in [6.07, 6.45) is 1.92. The summed E-state index contributed by atoms with van der Waals surface area (Å²) in [7, 11) is 0. The fraction of sp³-hybridized carbons (Fsp3) is 0. The number of fused-ring (bicyclic) bond motifs is 3. The molecule has 0 radical (unpaired) electrons. The van der Waals surface area contributed by atoms with Gasteiger partial charge in [-0.3, -0.25) is 4.98 Å². The Morgan fingerprint density at radius 1 is 1.14 bits per heavy atom. The van der Waals surface area contributed by atoms with Crippen LogP contribution in [0.5, 0.6) is 0 Å². The van der Waals surface area contributed by atoms with Gasteiger partial charge >= 0.3 is 0 Å². The van der Waals surface area contributed by atoms with Crippen LogP contribution < -0.4 is 0 Å². The van der Waals surface area contributed by atoms with E-state index >= 15 is 0 Å². The first-order valence-corrected chi connectivity index (χ1v) is 4.32. The zero-order chi connectivity index (χ0) is 10.3. The van der Waals surface area contributed by atoms with Crippen molar-refractivity contribution in [3.05, 3.63) is 42.7 Å². The van der Waals surface area contributed by atoms with E-state index in [-0.39, 0.29) is 6.17 Å². The lowest BCUT2D eigenvalue weighted by Crippen LogP contribution is -1.76. The van der Waals surface area contributed by atoms with Crippen LogP contribution in [-0.2, 0) is 0 Å². The Bertz CT molecular complexity index is 651. The maximum Gasteiger partial charge on any atom is 0.102 e. The van der Waals surface area contributed by atoms with Crippen molar-refractivity contribution in [2.24, 2.45) is 0 Å². The van der Waals surface area contributed by atoms with Crippen molar-refractivity contribution >= 4 is 21.8 Å². The Labute approximate surface area is 81.8 Å². The van der Waals surface area contributed by atoms with Crippen LogP contribution in [0.1, 0.15) is 1.37 Å². The third-order valence-corrected chi connectivity index (χ3v) is 2.23. The van der Waals surface area contributed by atoms with Crippen LogP contribution in [0.4, 0.5) is 0 Å². The van der Waals surface area contributed by atoms with E-state index in [0.717, 1.165) is 21.8 Å². The van der Waals surface area contributed by atoms with E-state index in [4.69, 9.17) is 1.37 Å². The molecule has 0 saturated heterocycles. The second-order valence-electron chi connectivity index (χ2n) is 3.04. The molecular formula is C11H7N3. The van der Waals surface area contributed by atoms with Crippen molar-refractivity contribution in [2.45, 2.75) is 0 Å². The monoisotopic (exact) mass is 182 g/mol. The van der Waals surface area contributed by atoms with Crippen LogP contribution in [0.25, 0.3) is 21.8 Å². The summed E-state index contributed by atoms with van der Waals surface area (Å²) in [5, 5.41) is 9.81. The second-order valence-corrected chi connectivity index (χ2v) is 3.04. The minimum Gasteiger partial charge on any atom is -0.256 e. The summed E-state index contributed by atoms with van der Waals surface area (Å²) in [5.74, 6) is 0. The molecule has 0 spiro atoms. The average molecular weight is 182 g/mol. The minimum absolute atomic E-state index is 0.166. The summed E-state index contributed by atoms with van der Waals surface area (Å²) < 4.78 is 7.41. The van der Waals surface area contributed by atoms with E-state index in [2.05, 4.69) is 15.2 Å². The van der Waals surface area contributed by atoms with E-state index in [1.54, 1.807) is 12.3 Å². The Morgan fingerprint density at radius 3 is 3.14 bits per heavy atom. The van der Waals surface area contributed by atoms with Crippen molar-refractivity contribution in [1.82, 2.24) is 15.2 Å². The molecule has 0 amide bonds. The van der Waals surface area contributed by atoms with Crippen LogP contribution in [-0.4, -0.2) is 15.2 Å². The number of hydrogen-bond acceptors (Lipinski definition) is 3. The van der Waals surface area contributed by atoms with Crippen molar-refractivity contribution < 1.29 is 1.37 Å². The smallest absolute Gasteiger partial charge is 0.102 e. The van der Waals surface area contributed by atoms with E-state index < -0.39 is 0 Å². The van der Waals surface area contributed by atoms with Gasteiger partial charge in [0.2, 0.25) is 0 Å². The Kier molecular flexibility index (Phi) is 1.26. The lowest BCUT2D eigenvalue weighted by molar-refractivity contribution is 1.09. The molecule has 0 N–H and O–H groups in total. The standard InChI is InChI=1S/C11H7N3/c1-2-8-3-4-10-9(5-7-12-10)11(8)14-13-6-1/h1-7H/i6D. The molecule has 2 aromatic heterocycles. The first kappa shape index (κ1) is 6.43. The highest BCUT2D eigenvalue weighted by atomic mass is 15.1. The maximum atomic E-state index is 7.41. The molecule has 0 bridgehead atoms. The largest absolute Gasteiger partial charge is 0.256 e. The third kappa shape index (κ3) is 0.956. The van der Waals surface area contributed by atoms with E-state index in [0.29, 0.717) is 0 Å². The Morgan fingerprint density at radius 2 is 2.14 bits per heavy atom. The van der Waals surface area contributed by atoms with Gasteiger partial charge in [0.25, 0.3) is 0 Å². The van der Waals surface area contributed by atoms with Gasteiger partial charge in [-0.25, -0.2) is 0 Å². The quantitative estimate of drug-likeness (QED) is 0.534. The lowest BCUT2D eigenvalue weighted by atomic mass is 10.2. The molecule has 0 aliphatic heterocycles. The molecule has 2 heterocycles. The molecule has 14 heavy (non-hydrogen) atoms. The molecule has 66 valence electrons. The molecule has 0 aliphatic rings. The number of hydrogen-bond donors (Lipinski definition) is 0. The van der Waals surface area contributed by atoms with E-state index in [1.807, 2.05) is 24.3 Å². The number of aromatic nitrogens is 3. The molecule has 3 rings (SSSR count). The van der Waals surface area contributed by atoms with Crippen LogP contribution in [0.3, 0.4) is 0 Å². The predicted molar refractivity (Wildman–Crippen MR) is 54.8 cm³/mol. The molecule has 3 heteroatoms. The molecular weight excluding hydrogens is 174 g/mol. The van der Waals surface area contributed by atoms with Crippen LogP contribution in [0, 0.1) is 0 Å². The zero-order valence-electron chi connectivity index (χ0n) is 8.31. The summed E-state index contributed by atoms with van der Waals surface area (Å²) in [5.41, 5.74) is 1.71. The highest BCUT2D eigenvalue weighted by molar-refractivity contribution is 6.03. The predicted octanol–water partition coefficient (Wildman–Crippen LogP) is 2.18. The fourth-order valence-corrected chi connectivity index (χ4v) is 1.57. The van der Waals surface area contributed by atoms with Crippen LogP contribution >= 0.6 is 0 Å². The number of nitrogens with zero attached hydrogens (tertiary/aromatic N) is 3. The first-order chi connectivity index (χ1) is 7.34. The van der Waals surface area contributed by atoms with Gasteiger partial charge in [-0.15, -0.1) is 5.10 Å². The molecule has 0 saturated carbocycles.